The van der Waals surface area contributed by atoms with Gasteiger partial charge in [0, 0.05) is 23.7 Å². The van der Waals surface area contributed by atoms with Gasteiger partial charge >= 0.3 is 0 Å². The first-order valence-corrected chi connectivity index (χ1v) is 6.44. The van der Waals surface area contributed by atoms with Crippen LogP contribution in [0.2, 0.25) is 0 Å². The largest absolute Gasteiger partial charge is 0.351 e. The maximum absolute atomic E-state index is 11.0. The summed E-state index contributed by atoms with van der Waals surface area (Å²) in [6.07, 6.45) is 1.10. The van der Waals surface area contributed by atoms with E-state index in [1.807, 2.05) is 0 Å². The molecule has 0 aliphatic rings. The molecule has 0 aliphatic heterocycles. The van der Waals surface area contributed by atoms with E-state index in [0.29, 0.717) is 11.0 Å². The molecule has 0 saturated heterocycles. The molecule has 0 atom stereocenters. The van der Waals surface area contributed by atoms with Gasteiger partial charge in [0.15, 0.2) is 0 Å². The quantitative estimate of drug-likeness (QED) is 0.788. The molecule has 6 heteroatoms. The van der Waals surface area contributed by atoms with Crippen molar-refractivity contribution in [2.75, 3.05) is 18.6 Å². The molecule has 0 aromatic heterocycles. The molecule has 1 N–H and O–H groups in total. The highest BCUT2D eigenvalue weighted by Gasteiger charge is 2.06. The van der Waals surface area contributed by atoms with Crippen molar-refractivity contribution >= 4 is 31.7 Å². The second-order valence-corrected chi connectivity index (χ2v) is 6.06. The van der Waals surface area contributed by atoms with E-state index < -0.39 is 9.84 Å². The highest BCUT2D eigenvalue weighted by Crippen LogP contribution is 1.97. The van der Waals surface area contributed by atoms with E-state index in [1.54, 1.807) is 0 Å². The zero-order valence-corrected chi connectivity index (χ0v) is 9.74. The second kappa shape index (κ2) is 5.39. The lowest BCUT2D eigenvalue weighted by Crippen LogP contribution is -2.26. The van der Waals surface area contributed by atoms with Crippen LogP contribution < -0.4 is 5.32 Å². The van der Waals surface area contributed by atoms with Crippen LogP contribution in [0.5, 0.6) is 0 Å². The van der Waals surface area contributed by atoms with E-state index in [1.165, 1.54) is 0 Å². The number of amides is 1. The molecule has 0 bridgehead atoms. The van der Waals surface area contributed by atoms with E-state index in [9.17, 15) is 13.2 Å². The summed E-state index contributed by atoms with van der Waals surface area (Å²) >= 11 is 3.07. The predicted octanol–water partition coefficient (Wildman–Crippen LogP) is 0.446. The fourth-order valence-corrected chi connectivity index (χ4v) is 1.26. The third-order valence-corrected chi connectivity index (χ3v) is 2.40. The number of hydrogen-bond donors (Lipinski definition) is 1. The molecule has 0 aliphatic carbocycles. The Labute approximate surface area is 86.4 Å². The summed E-state index contributed by atoms with van der Waals surface area (Å²) in [5, 5.41) is 2.50. The van der Waals surface area contributed by atoms with Gasteiger partial charge in [0.1, 0.15) is 9.84 Å². The van der Waals surface area contributed by atoms with E-state index in [2.05, 4.69) is 27.8 Å². The van der Waals surface area contributed by atoms with Crippen molar-refractivity contribution in [3.05, 3.63) is 11.1 Å². The van der Waals surface area contributed by atoms with Crippen LogP contribution in [-0.2, 0) is 14.6 Å². The molecular weight excluding hydrogens is 258 g/mol. The van der Waals surface area contributed by atoms with Crippen molar-refractivity contribution in [2.45, 2.75) is 6.42 Å². The Bertz CT molecular complexity index is 297. The van der Waals surface area contributed by atoms with Crippen LogP contribution in [0.25, 0.3) is 0 Å². The predicted molar refractivity (Wildman–Crippen MR) is 55.4 cm³/mol. The fraction of sp³-hybridized carbons (Fsp3) is 0.571. The number of rotatable bonds is 5. The van der Waals surface area contributed by atoms with Gasteiger partial charge in [-0.25, -0.2) is 8.42 Å². The molecule has 13 heavy (non-hydrogen) atoms. The van der Waals surface area contributed by atoms with Crippen LogP contribution in [-0.4, -0.2) is 32.9 Å². The first-order valence-electron chi connectivity index (χ1n) is 3.59. The van der Waals surface area contributed by atoms with Crippen LogP contribution >= 0.6 is 15.9 Å². The van der Waals surface area contributed by atoms with E-state index in [4.69, 9.17) is 0 Å². The summed E-state index contributed by atoms with van der Waals surface area (Å²) in [6.45, 7) is 3.84. The van der Waals surface area contributed by atoms with Crippen molar-refractivity contribution in [1.29, 1.82) is 0 Å². The molecule has 0 heterocycles. The molecule has 1 amide bonds. The first kappa shape index (κ1) is 12.6. The minimum atomic E-state index is -3.05. The van der Waals surface area contributed by atoms with Crippen LogP contribution in [0.1, 0.15) is 6.42 Å². The summed E-state index contributed by atoms with van der Waals surface area (Å²) in [6, 6.07) is 0. The Morgan fingerprint density at radius 2 is 2.08 bits per heavy atom. The van der Waals surface area contributed by atoms with E-state index in [-0.39, 0.29) is 18.1 Å². The van der Waals surface area contributed by atoms with Gasteiger partial charge in [-0.2, -0.15) is 0 Å². The molecule has 76 valence electrons. The zero-order valence-electron chi connectivity index (χ0n) is 7.34. The van der Waals surface area contributed by atoms with E-state index >= 15 is 0 Å². The number of carbonyl (C=O) groups excluding carboxylic acids is 1. The maximum Gasteiger partial charge on any atom is 0.221 e. The Morgan fingerprint density at radius 1 is 1.54 bits per heavy atom. The maximum atomic E-state index is 11.0. The van der Waals surface area contributed by atoms with Gasteiger partial charge in [0.05, 0.1) is 5.75 Å². The molecule has 0 aromatic carbocycles. The van der Waals surface area contributed by atoms with Gasteiger partial charge in [-0.05, 0) is 0 Å². The standard InChI is InChI=1S/C7H12BrNO3S/c1-6(8)5-9-7(10)3-4-13(2,11)12/h1,3-5H2,2H3,(H,9,10). The molecule has 4 nitrogen and oxygen atoms in total. The topological polar surface area (TPSA) is 63.2 Å². The van der Waals surface area contributed by atoms with Gasteiger partial charge in [0.25, 0.3) is 0 Å². The van der Waals surface area contributed by atoms with Crippen LogP contribution in [0.4, 0.5) is 0 Å². The molecule has 0 unspecified atom stereocenters. The summed E-state index contributed by atoms with van der Waals surface area (Å²) in [5.41, 5.74) is 0. The molecular formula is C7H12BrNO3S. The van der Waals surface area contributed by atoms with Gasteiger partial charge in [0.2, 0.25) is 5.91 Å². The smallest absolute Gasteiger partial charge is 0.221 e. The lowest BCUT2D eigenvalue weighted by atomic mass is 10.4. The molecule has 0 saturated carbocycles. The lowest BCUT2D eigenvalue weighted by molar-refractivity contribution is -0.120. The average Bonchev–Trinajstić information content (AvgIpc) is 1.95. The number of hydrogen-bond acceptors (Lipinski definition) is 3. The van der Waals surface area contributed by atoms with Crippen LogP contribution in [0.15, 0.2) is 11.1 Å². The highest BCUT2D eigenvalue weighted by atomic mass is 79.9. The third kappa shape index (κ3) is 9.55. The highest BCUT2D eigenvalue weighted by molar-refractivity contribution is 9.11. The Hall–Kier alpha value is -0.360. The Balaban J connectivity index is 3.71. The van der Waals surface area contributed by atoms with Crippen LogP contribution in [0.3, 0.4) is 0 Å². The van der Waals surface area contributed by atoms with Crippen molar-refractivity contribution < 1.29 is 13.2 Å². The summed E-state index contributed by atoms with van der Waals surface area (Å²) in [4.78, 5) is 11.0. The summed E-state index contributed by atoms with van der Waals surface area (Å²) < 4.78 is 22.0. The minimum Gasteiger partial charge on any atom is -0.351 e. The van der Waals surface area contributed by atoms with E-state index in [0.717, 1.165) is 6.26 Å². The fourth-order valence-electron chi connectivity index (χ4n) is 0.561. The number of halogens is 1. The molecule has 0 rings (SSSR count). The third-order valence-electron chi connectivity index (χ3n) is 1.18. The van der Waals surface area contributed by atoms with Crippen molar-refractivity contribution in [3.63, 3.8) is 0 Å². The van der Waals surface area contributed by atoms with Gasteiger partial charge in [-0.1, -0.05) is 22.5 Å². The first-order chi connectivity index (χ1) is 5.81. The number of sulfone groups is 1. The second-order valence-electron chi connectivity index (χ2n) is 2.67. The summed E-state index contributed by atoms with van der Waals surface area (Å²) in [7, 11) is -3.05. The minimum absolute atomic E-state index is 0.000880. The molecule has 0 radical (unpaired) electrons. The zero-order chi connectivity index (χ0) is 10.5. The average molecular weight is 270 g/mol. The molecule has 0 fully saturated rings. The Kier molecular flexibility index (Phi) is 5.24. The Morgan fingerprint density at radius 3 is 2.46 bits per heavy atom. The SMILES string of the molecule is C=C(Br)CNC(=O)CCS(C)(=O)=O. The number of carbonyl (C=O) groups is 1. The lowest BCUT2D eigenvalue weighted by Gasteiger charge is -2.02. The normalized spacial score (nSPS) is 10.9. The van der Waals surface area contributed by atoms with Gasteiger partial charge in [-0.15, -0.1) is 0 Å². The van der Waals surface area contributed by atoms with Gasteiger partial charge in [-0.3, -0.25) is 4.79 Å². The van der Waals surface area contributed by atoms with Crippen LogP contribution in [0, 0.1) is 0 Å². The molecule has 0 spiro atoms. The van der Waals surface area contributed by atoms with Crippen molar-refractivity contribution in [1.82, 2.24) is 5.32 Å². The monoisotopic (exact) mass is 269 g/mol. The number of nitrogens with one attached hydrogen (secondary N) is 1. The summed E-state index contributed by atoms with van der Waals surface area (Å²) in [5.74, 6) is -0.404. The van der Waals surface area contributed by atoms with Crippen molar-refractivity contribution in [2.24, 2.45) is 0 Å². The molecule has 0 aromatic rings. The van der Waals surface area contributed by atoms with Gasteiger partial charge < -0.3 is 5.32 Å². The van der Waals surface area contributed by atoms with Crippen molar-refractivity contribution in [3.8, 4) is 0 Å².